The van der Waals surface area contributed by atoms with Crippen LogP contribution >= 0.6 is 0 Å². The van der Waals surface area contributed by atoms with Gasteiger partial charge in [0.05, 0.1) is 6.20 Å². The van der Waals surface area contributed by atoms with Gasteiger partial charge in [0.2, 0.25) is 0 Å². The predicted molar refractivity (Wildman–Crippen MR) is 68.0 cm³/mol. The number of anilines is 1. The first-order valence-electron chi connectivity index (χ1n) is 6.31. The molecule has 0 spiro atoms. The Hall–Kier alpha value is -1.58. The number of rotatable bonds is 2. The molecule has 3 unspecified atom stereocenters. The lowest BCUT2D eigenvalue weighted by Crippen LogP contribution is -2.24. The lowest BCUT2D eigenvalue weighted by atomic mass is 9.98. The Bertz CT molecular complexity index is 519. The van der Waals surface area contributed by atoms with E-state index >= 15 is 0 Å². The first kappa shape index (κ1) is 10.6. The minimum atomic E-state index is 0.558. The van der Waals surface area contributed by atoms with E-state index in [0.717, 1.165) is 23.3 Å². The fraction of sp³-hybridized carbons (Fsp3) is 0.538. The Kier molecular flexibility index (Phi) is 2.50. The molecule has 0 aliphatic heterocycles. The fourth-order valence-electron chi connectivity index (χ4n) is 2.65. The Morgan fingerprint density at radius 2 is 2.18 bits per heavy atom. The fourth-order valence-corrected chi connectivity index (χ4v) is 2.65. The number of nitrogens with zero attached hydrogens (tertiary/aromatic N) is 3. The highest BCUT2D eigenvalue weighted by molar-refractivity contribution is 5.46. The van der Waals surface area contributed by atoms with E-state index in [4.69, 9.17) is 0 Å². The average molecular weight is 230 g/mol. The summed E-state index contributed by atoms with van der Waals surface area (Å²) < 4.78 is 1.78. The molecule has 2 aromatic rings. The van der Waals surface area contributed by atoms with Crippen molar-refractivity contribution in [1.29, 1.82) is 0 Å². The zero-order valence-corrected chi connectivity index (χ0v) is 10.3. The minimum absolute atomic E-state index is 0.558. The van der Waals surface area contributed by atoms with Gasteiger partial charge in [-0.1, -0.05) is 13.8 Å². The van der Waals surface area contributed by atoms with Gasteiger partial charge in [-0.15, -0.1) is 0 Å². The predicted octanol–water partition coefficient (Wildman–Crippen LogP) is 2.58. The first-order valence-corrected chi connectivity index (χ1v) is 6.31. The molecule has 2 aromatic heterocycles. The lowest BCUT2D eigenvalue weighted by molar-refractivity contribution is 0.435. The molecule has 4 nitrogen and oxygen atoms in total. The summed E-state index contributed by atoms with van der Waals surface area (Å²) in [6, 6.07) is 4.48. The Morgan fingerprint density at radius 1 is 1.29 bits per heavy atom. The van der Waals surface area contributed by atoms with Crippen LogP contribution in [0.15, 0.2) is 24.5 Å². The van der Waals surface area contributed by atoms with Crippen molar-refractivity contribution in [2.75, 3.05) is 5.32 Å². The molecule has 1 N–H and O–H groups in total. The van der Waals surface area contributed by atoms with E-state index in [1.165, 1.54) is 12.8 Å². The van der Waals surface area contributed by atoms with Crippen molar-refractivity contribution >= 4 is 11.5 Å². The number of aromatic nitrogens is 3. The molecule has 4 heteroatoms. The largest absolute Gasteiger partial charge is 0.367 e. The Labute approximate surface area is 101 Å². The SMILES string of the molecule is CC1CCC(Nc2ccn3nccc3n2)C1C. The Morgan fingerprint density at radius 3 is 2.94 bits per heavy atom. The van der Waals surface area contributed by atoms with Crippen LogP contribution in [0.5, 0.6) is 0 Å². The van der Waals surface area contributed by atoms with Gasteiger partial charge in [-0.25, -0.2) is 9.50 Å². The Balaban J connectivity index is 1.80. The lowest BCUT2D eigenvalue weighted by Gasteiger charge is -2.20. The number of hydrogen-bond donors (Lipinski definition) is 1. The van der Waals surface area contributed by atoms with Crippen LogP contribution in [0, 0.1) is 11.8 Å². The summed E-state index contributed by atoms with van der Waals surface area (Å²) in [4.78, 5) is 4.55. The summed E-state index contributed by atoms with van der Waals surface area (Å²) in [5.41, 5.74) is 0.897. The highest BCUT2D eigenvalue weighted by Crippen LogP contribution is 2.32. The maximum Gasteiger partial charge on any atom is 0.157 e. The van der Waals surface area contributed by atoms with E-state index in [0.29, 0.717) is 6.04 Å². The zero-order valence-electron chi connectivity index (χ0n) is 10.3. The summed E-state index contributed by atoms with van der Waals surface area (Å²) in [6.07, 6.45) is 6.28. The van der Waals surface area contributed by atoms with Crippen molar-refractivity contribution in [3.05, 3.63) is 24.5 Å². The van der Waals surface area contributed by atoms with Crippen molar-refractivity contribution < 1.29 is 0 Å². The molecule has 3 rings (SSSR count). The average Bonchev–Trinajstić information content (AvgIpc) is 2.90. The quantitative estimate of drug-likeness (QED) is 0.862. The number of fused-ring (bicyclic) bond motifs is 1. The highest BCUT2D eigenvalue weighted by atomic mass is 15.2. The molecule has 0 aromatic carbocycles. The molecule has 2 heterocycles. The van der Waals surface area contributed by atoms with Crippen LogP contribution < -0.4 is 5.32 Å². The molecule has 1 saturated carbocycles. The second kappa shape index (κ2) is 4.02. The summed E-state index contributed by atoms with van der Waals surface area (Å²) >= 11 is 0. The molecule has 0 saturated heterocycles. The molecule has 0 amide bonds. The van der Waals surface area contributed by atoms with E-state index in [2.05, 4.69) is 29.2 Å². The molecule has 1 aliphatic rings. The molecular weight excluding hydrogens is 212 g/mol. The van der Waals surface area contributed by atoms with Crippen LogP contribution in [0.3, 0.4) is 0 Å². The van der Waals surface area contributed by atoms with Gasteiger partial charge in [0, 0.05) is 18.3 Å². The van der Waals surface area contributed by atoms with Crippen molar-refractivity contribution in [2.24, 2.45) is 11.8 Å². The molecular formula is C13H18N4. The highest BCUT2D eigenvalue weighted by Gasteiger charge is 2.29. The van der Waals surface area contributed by atoms with Crippen molar-refractivity contribution in [1.82, 2.24) is 14.6 Å². The van der Waals surface area contributed by atoms with Crippen LogP contribution in [0.25, 0.3) is 5.65 Å². The van der Waals surface area contributed by atoms with Gasteiger partial charge < -0.3 is 5.32 Å². The molecule has 3 atom stereocenters. The minimum Gasteiger partial charge on any atom is -0.367 e. The molecule has 1 fully saturated rings. The van der Waals surface area contributed by atoms with E-state index < -0.39 is 0 Å². The normalized spacial score (nSPS) is 28.7. The van der Waals surface area contributed by atoms with E-state index in [9.17, 15) is 0 Å². The third kappa shape index (κ3) is 1.88. The monoisotopic (exact) mass is 230 g/mol. The van der Waals surface area contributed by atoms with Gasteiger partial charge >= 0.3 is 0 Å². The third-order valence-electron chi connectivity index (χ3n) is 4.06. The van der Waals surface area contributed by atoms with Crippen molar-refractivity contribution in [2.45, 2.75) is 32.7 Å². The van der Waals surface area contributed by atoms with Crippen LogP contribution in [0.2, 0.25) is 0 Å². The molecule has 0 bridgehead atoms. The zero-order chi connectivity index (χ0) is 11.8. The van der Waals surface area contributed by atoms with Crippen LogP contribution in [-0.2, 0) is 0 Å². The molecule has 90 valence electrons. The van der Waals surface area contributed by atoms with Gasteiger partial charge in [0.1, 0.15) is 5.82 Å². The van der Waals surface area contributed by atoms with E-state index in [-0.39, 0.29) is 0 Å². The van der Waals surface area contributed by atoms with Crippen molar-refractivity contribution in [3.63, 3.8) is 0 Å². The molecule has 1 aliphatic carbocycles. The van der Waals surface area contributed by atoms with E-state index in [1.54, 1.807) is 10.7 Å². The molecule has 17 heavy (non-hydrogen) atoms. The van der Waals surface area contributed by atoms with Gasteiger partial charge in [-0.2, -0.15) is 5.10 Å². The standard InChI is InChI=1S/C13H18N4/c1-9-3-4-11(10(9)2)15-12-6-8-17-13(16-12)5-7-14-17/h5-11H,3-4H2,1-2H3,(H,15,16). The maximum atomic E-state index is 4.55. The number of nitrogens with one attached hydrogen (secondary N) is 1. The van der Waals surface area contributed by atoms with Crippen LogP contribution in [0.1, 0.15) is 26.7 Å². The summed E-state index contributed by atoms with van der Waals surface area (Å²) in [7, 11) is 0. The summed E-state index contributed by atoms with van der Waals surface area (Å²) in [5.74, 6) is 2.49. The van der Waals surface area contributed by atoms with Crippen LogP contribution in [0.4, 0.5) is 5.82 Å². The first-order chi connectivity index (χ1) is 8.24. The molecule has 0 radical (unpaired) electrons. The summed E-state index contributed by atoms with van der Waals surface area (Å²) in [6.45, 7) is 4.66. The maximum absolute atomic E-state index is 4.55. The van der Waals surface area contributed by atoms with Gasteiger partial charge in [-0.05, 0) is 30.7 Å². The summed E-state index contributed by atoms with van der Waals surface area (Å²) in [5, 5.41) is 7.70. The number of hydrogen-bond acceptors (Lipinski definition) is 3. The van der Waals surface area contributed by atoms with E-state index in [1.807, 2.05) is 18.3 Å². The second-order valence-electron chi connectivity index (χ2n) is 5.11. The second-order valence-corrected chi connectivity index (χ2v) is 5.11. The third-order valence-corrected chi connectivity index (χ3v) is 4.06. The van der Waals surface area contributed by atoms with Gasteiger partial charge in [0.15, 0.2) is 5.65 Å². The topological polar surface area (TPSA) is 42.2 Å². The van der Waals surface area contributed by atoms with Crippen molar-refractivity contribution in [3.8, 4) is 0 Å². The van der Waals surface area contributed by atoms with Gasteiger partial charge in [-0.3, -0.25) is 0 Å². The smallest absolute Gasteiger partial charge is 0.157 e. The van der Waals surface area contributed by atoms with Gasteiger partial charge in [0.25, 0.3) is 0 Å². The van der Waals surface area contributed by atoms with Crippen LogP contribution in [-0.4, -0.2) is 20.6 Å².